The van der Waals surface area contributed by atoms with Gasteiger partial charge in [0.25, 0.3) is 0 Å². The Kier molecular flexibility index (Phi) is 5.65. The van der Waals surface area contributed by atoms with E-state index in [-0.39, 0.29) is 11.9 Å². The van der Waals surface area contributed by atoms with E-state index in [4.69, 9.17) is 0 Å². The zero-order valence-corrected chi connectivity index (χ0v) is 13.1. The molecular weight excluding hydrogens is 285 g/mol. The second kappa shape index (κ2) is 7.48. The fourth-order valence-electron chi connectivity index (χ4n) is 2.15. The molecule has 0 amide bonds. The van der Waals surface area contributed by atoms with E-state index < -0.39 is 10.8 Å². The minimum absolute atomic E-state index is 0.0292. The van der Waals surface area contributed by atoms with Crippen LogP contribution in [0.2, 0.25) is 0 Å². The van der Waals surface area contributed by atoms with Crippen LogP contribution in [-0.2, 0) is 10.8 Å². The quantitative estimate of drug-likeness (QED) is 0.883. The van der Waals surface area contributed by atoms with Crippen molar-refractivity contribution in [1.82, 2.24) is 5.32 Å². The molecule has 0 heterocycles. The first kappa shape index (κ1) is 15.9. The zero-order valence-electron chi connectivity index (χ0n) is 12.3. The Balaban J connectivity index is 2.13. The molecule has 0 aliphatic rings. The monoisotopic (exact) mass is 305 g/mol. The van der Waals surface area contributed by atoms with Gasteiger partial charge in [-0.15, -0.1) is 0 Å². The van der Waals surface area contributed by atoms with Crippen molar-refractivity contribution in [3.05, 3.63) is 65.5 Å². The van der Waals surface area contributed by atoms with Crippen LogP contribution in [-0.4, -0.2) is 16.5 Å². The summed E-state index contributed by atoms with van der Waals surface area (Å²) < 4.78 is 25.4. The van der Waals surface area contributed by atoms with E-state index >= 15 is 0 Å². The van der Waals surface area contributed by atoms with Crippen molar-refractivity contribution < 1.29 is 8.60 Å². The van der Waals surface area contributed by atoms with Crippen LogP contribution in [0.4, 0.5) is 4.39 Å². The van der Waals surface area contributed by atoms with Gasteiger partial charge in [-0.3, -0.25) is 4.21 Å². The van der Waals surface area contributed by atoms with Crippen molar-refractivity contribution >= 4 is 10.8 Å². The van der Waals surface area contributed by atoms with E-state index in [0.717, 1.165) is 12.1 Å². The maximum absolute atomic E-state index is 12.9. The predicted molar refractivity (Wildman–Crippen MR) is 85.3 cm³/mol. The molecule has 0 saturated heterocycles. The number of halogens is 1. The van der Waals surface area contributed by atoms with Gasteiger partial charge >= 0.3 is 0 Å². The molecule has 2 aromatic rings. The molecule has 2 nitrogen and oxygen atoms in total. The maximum Gasteiger partial charge on any atom is 0.123 e. The van der Waals surface area contributed by atoms with E-state index in [1.54, 1.807) is 12.1 Å². The standard InChI is InChI=1S/C17H20FNOS/c1-3-19-17(14-6-4-13(2)5-7-14)12-21(20)16-10-8-15(18)9-11-16/h4-11,17,19H,3,12H2,1-2H3. The third-order valence-electron chi connectivity index (χ3n) is 3.32. The molecule has 0 bridgehead atoms. The molecule has 1 N–H and O–H groups in total. The van der Waals surface area contributed by atoms with Crippen molar-refractivity contribution in [3.63, 3.8) is 0 Å². The summed E-state index contributed by atoms with van der Waals surface area (Å²) in [5.74, 6) is 0.167. The lowest BCUT2D eigenvalue weighted by Crippen LogP contribution is -2.26. The fraction of sp³-hybridized carbons (Fsp3) is 0.294. The number of aryl methyl sites for hydroxylation is 1. The number of benzene rings is 2. The molecule has 2 atom stereocenters. The van der Waals surface area contributed by atoms with Crippen molar-refractivity contribution in [3.8, 4) is 0 Å². The summed E-state index contributed by atoms with van der Waals surface area (Å²) in [6.07, 6.45) is 0. The van der Waals surface area contributed by atoms with E-state index in [1.165, 1.54) is 17.7 Å². The molecule has 0 aromatic heterocycles. The molecule has 4 heteroatoms. The van der Waals surface area contributed by atoms with Crippen LogP contribution in [0.1, 0.15) is 24.1 Å². The number of hydrogen-bond donors (Lipinski definition) is 1. The summed E-state index contributed by atoms with van der Waals surface area (Å²) in [5.41, 5.74) is 2.33. The number of hydrogen-bond acceptors (Lipinski definition) is 2. The zero-order chi connectivity index (χ0) is 15.2. The topological polar surface area (TPSA) is 29.1 Å². The molecule has 0 saturated carbocycles. The van der Waals surface area contributed by atoms with Crippen molar-refractivity contribution in [2.75, 3.05) is 12.3 Å². The van der Waals surface area contributed by atoms with Crippen LogP contribution in [0.5, 0.6) is 0 Å². The Morgan fingerprint density at radius 1 is 1.10 bits per heavy atom. The average molecular weight is 305 g/mol. The van der Waals surface area contributed by atoms with Crippen LogP contribution >= 0.6 is 0 Å². The smallest absolute Gasteiger partial charge is 0.123 e. The Bertz CT molecular complexity index is 595. The molecule has 21 heavy (non-hydrogen) atoms. The van der Waals surface area contributed by atoms with Gasteiger partial charge in [0.1, 0.15) is 5.82 Å². The third kappa shape index (κ3) is 4.48. The minimum Gasteiger partial charge on any atom is -0.309 e. The first-order valence-electron chi connectivity index (χ1n) is 7.04. The van der Waals surface area contributed by atoms with Crippen LogP contribution < -0.4 is 5.32 Å². The molecular formula is C17H20FNOS. The molecule has 0 fully saturated rings. The molecule has 0 radical (unpaired) electrons. The lowest BCUT2D eigenvalue weighted by Gasteiger charge is -2.18. The Morgan fingerprint density at radius 3 is 2.29 bits per heavy atom. The summed E-state index contributed by atoms with van der Waals surface area (Å²) in [6.45, 7) is 4.88. The highest BCUT2D eigenvalue weighted by Crippen LogP contribution is 2.18. The van der Waals surface area contributed by atoms with Crippen molar-refractivity contribution in [1.29, 1.82) is 0 Å². The van der Waals surface area contributed by atoms with Gasteiger partial charge in [-0.25, -0.2) is 4.39 Å². The van der Waals surface area contributed by atoms with Gasteiger partial charge in [0.15, 0.2) is 0 Å². The van der Waals surface area contributed by atoms with Gasteiger partial charge in [0.2, 0.25) is 0 Å². The SMILES string of the molecule is CCNC(CS(=O)c1ccc(F)cc1)c1ccc(C)cc1. The summed E-state index contributed by atoms with van der Waals surface area (Å²) in [6, 6.07) is 14.1. The van der Waals surface area contributed by atoms with E-state index in [9.17, 15) is 8.60 Å². The van der Waals surface area contributed by atoms with Gasteiger partial charge in [0.05, 0.1) is 10.8 Å². The van der Waals surface area contributed by atoms with E-state index in [1.807, 2.05) is 13.8 Å². The highest BCUT2D eigenvalue weighted by Gasteiger charge is 2.15. The summed E-state index contributed by atoms with van der Waals surface area (Å²) in [4.78, 5) is 0.659. The van der Waals surface area contributed by atoms with E-state index in [0.29, 0.717) is 10.6 Å². The molecule has 2 aromatic carbocycles. The van der Waals surface area contributed by atoms with Crippen LogP contribution in [0, 0.1) is 12.7 Å². The number of nitrogens with one attached hydrogen (secondary N) is 1. The lowest BCUT2D eigenvalue weighted by molar-refractivity contribution is 0.594. The number of rotatable bonds is 6. The highest BCUT2D eigenvalue weighted by atomic mass is 32.2. The molecule has 0 spiro atoms. The van der Waals surface area contributed by atoms with Gasteiger partial charge in [-0.05, 0) is 43.3 Å². The lowest BCUT2D eigenvalue weighted by atomic mass is 10.1. The Hall–Kier alpha value is -1.52. The minimum atomic E-state index is -1.16. The summed E-state index contributed by atoms with van der Waals surface area (Å²) in [7, 11) is -1.16. The molecule has 112 valence electrons. The maximum atomic E-state index is 12.9. The molecule has 2 unspecified atom stereocenters. The molecule has 2 rings (SSSR count). The van der Waals surface area contributed by atoms with Crippen molar-refractivity contribution in [2.24, 2.45) is 0 Å². The molecule has 0 aliphatic heterocycles. The second-order valence-electron chi connectivity index (χ2n) is 4.99. The van der Waals surface area contributed by atoms with Gasteiger partial charge in [0, 0.05) is 16.7 Å². The van der Waals surface area contributed by atoms with E-state index in [2.05, 4.69) is 29.6 Å². The van der Waals surface area contributed by atoms with Crippen LogP contribution in [0.3, 0.4) is 0 Å². The molecule has 0 aliphatic carbocycles. The normalized spacial score (nSPS) is 13.9. The Morgan fingerprint density at radius 2 is 1.71 bits per heavy atom. The third-order valence-corrected chi connectivity index (χ3v) is 4.76. The largest absolute Gasteiger partial charge is 0.309 e. The predicted octanol–water partition coefficient (Wildman–Crippen LogP) is 3.59. The van der Waals surface area contributed by atoms with Gasteiger partial charge < -0.3 is 5.32 Å². The first-order chi connectivity index (χ1) is 10.1. The van der Waals surface area contributed by atoms with Crippen LogP contribution in [0.25, 0.3) is 0 Å². The Labute approximate surface area is 127 Å². The average Bonchev–Trinajstić information content (AvgIpc) is 2.48. The van der Waals surface area contributed by atoms with Gasteiger partial charge in [-0.2, -0.15) is 0 Å². The van der Waals surface area contributed by atoms with Gasteiger partial charge in [-0.1, -0.05) is 36.8 Å². The van der Waals surface area contributed by atoms with Crippen LogP contribution in [0.15, 0.2) is 53.4 Å². The first-order valence-corrected chi connectivity index (χ1v) is 8.36. The highest BCUT2D eigenvalue weighted by molar-refractivity contribution is 7.85. The fourth-order valence-corrected chi connectivity index (χ4v) is 3.40. The van der Waals surface area contributed by atoms with Crippen molar-refractivity contribution in [2.45, 2.75) is 24.8 Å². The summed E-state index contributed by atoms with van der Waals surface area (Å²) in [5, 5.41) is 3.36. The summed E-state index contributed by atoms with van der Waals surface area (Å²) >= 11 is 0. The second-order valence-corrected chi connectivity index (χ2v) is 6.48.